The molecule has 2 aromatic rings. The van der Waals surface area contributed by atoms with Crippen molar-refractivity contribution < 1.29 is 0 Å². The molecule has 65 valence electrons. The van der Waals surface area contributed by atoms with E-state index in [1.54, 1.807) is 16.4 Å². The summed E-state index contributed by atoms with van der Waals surface area (Å²) in [6, 6.07) is 11.1. The van der Waals surface area contributed by atoms with Crippen LogP contribution in [-0.2, 0) is 7.05 Å². The maximum atomic E-state index is 4.09. The van der Waals surface area contributed by atoms with Crippen LogP contribution in [-0.4, -0.2) is 9.78 Å². The first kappa shape index (κ1) is 8.38. The molecule has 0 aliphatic carbocycles. The van der Waals surface area contributed by atoms with Gasteiger partial charge in [0.1, 0.15) is 0 Å². The van der Waals surface area contributed by atoms with Crippen LogP contribution in [0.2, 0.25) is 0 Å². The summed E-state index contributed by atoms with van der Waals surface area (Å²) >= 11 is 1.67. The largest absolute Gasteiger partial charge is 0.275 e. The van der Waals surface area contributed by atoms with E-state index in [1.807, 2.05) is 43.7 Å². The van der Waals surface area contributed by atoms with Crippen molar-refractivity contribution in [2.45, 2.75) is 9.79 Å². The molecule has 1 aromatic heterocycles. The molecule has 2 nitrogen and oxygen atoms in total. The van der Waals surface area contributed by atoms with Crippen LogP contribution in [0.5, 0.6) is 0 Å². The molecule has 0 fully saturated rings. The molecule has 0 N–H and O–H groups in total. The van der Waals surface area contributed by atoms with Crippen LogP contribution in [0, 0.1) is 6.07 Å². The molecule has 0 aliphatic rings. The molecule has 0 aliphatic heterocycles. The van der Waals surface area contributed by atoms with E-state index in [4.69, 9.17) is 0 Å². The highest BCUT2D eigenvalue weighted by Gasteiger charge is 1.97. The smallest absolute Gasteiger partial charge is 0.0629 e. The molecule has 13 heavy (non-hydrogen) atoms. The Bertz CT molecular complexity index is 381. The molecule has 0 saturated carbocycles. The van der Waals surface area contributed by atoms with Crippen molar-refractivity contribution in [3.63, 3.8) is 0 Å². The Morgan fingerprint density at radius 3 is 3.00 bits per heavy atom. The molecule has 1 radical (unpaired) electrons. The summed E-state index contributed by atoms with van der Waals surface area (Å²) in [5.74, 6) is 0. The summed E-state index contributed by atoms with van der Waals surface area (Å²) in [6.07, 6.45) is 3.84. The number of hydrogen-bond acceptors (Lipinski definition) is 2. The van der Waals surface area contributed by atoms with Crippen molar-refractivity contribution in [2.24, 2.45) is 7.05 Å². The monoisotopic (exact) mass is 189 g/mol. The first-order valence-corrected chi connectivity index (χ1v) is 4.79. The molecule has 3 heteroatoms. The van der Waals surface area contributed by atoms with Crippen molar-refractivity contribution in [1.82, 2.24) is 9.78 Å². The van der Waals surface area contributed by atoms with Gasteiger partial charge < -0.3 is 0 Å². The van der Waals surface area contributed by atoms with E-state index in [0.29, 0.717) is 0 Å². The Morgan fingerprint density at radius 1 is 1.46 bits per heavy atom. The van der Waals surface area contributed by atoms with Gasteiger partial charge >= 0.3 is 0 Å². The highest BCUT2D eigenvalue weighted by atomic mass is 32.2. The number of benzene rings is 1. The second-order valence-electron chi connectivity index (χ2n) is 2.68. The van der Waals surface area contributed by atoms with Crippen LogP contribution in [0.4, 0.5) is 0 Å². The van der Waals surface area contributed by atoms with Crippen LogP contribution < -0.4 is 0 Å². The Balaban J connectivity index is 2.15. The fourth-order valence-corrected chi connectivity index (χ4v) is 1.85. The minimum atomic E-state index is 1.12. The summed E-state index contributed by atoms with van der Waals surface area (Å²) in [6.45, 7) is 0. The zero-order chi connectivity index (χ0) is 9.10. The van der Waals surface area contributed by atoms with Crippen molar-refractivity contribution in [3.05, 3.63) is 42.7 Å². The van der Waals surface area contributed by atoms with Crippen molar-refractivity contribution in [1.29, 1.82) is 0 Å². The highest BCUT2D eigenvalue weighted by molar-refractivity contribution is 7.99. The number of aryl methyl sites for hydroxylation is 1. The lowest BCUT2D eigenvalue weighted by Gasteiger charge is -1.94. The van der Waals surface area contributed by atoms with Gasteiger partial charge in [0.2, 0.25) is 0 Å². The average molecular weight is 189 g/mol. The fraction of sp³-hybridized carbons (Fsp3) is 0.100. The third kappa shape index (κ3) is 2.12. The third-order valence-corrected chi connectivity index (χ3v) is 2.51. The van der Waals surface area contributed by atoms with Gasteiger partial charge in [0, 0.05) is 18.1 Å². The van der Waals surface area contributed by atoms with Gasteiger partial charge in [-0.25, -0.2) is 0 Å². The van der Waals surface area contributed by atoms with E-state index in [2.05, 4.69) is 11.2 Å². The third-order valence-electron chi connectivity index (χ3n) is 1.59. The minimum Gasteiger partial charge on any atom is -0.275 e. The average Bonchev–Trinajstić information content (AvgIpc) is 2.53. The molecule has 0 amide bonds. The van der Waals surface area contributed by atoms with Gasteiger partial charge in [0.15, 0.2) is 0 Å². The Hall–Kier alpha value is -1.22. The molecular weight excluding hydrogens is 180 g/mol. The first-order valence-electron chi connectivity index (χ1n) is 3.98. The summed E-state index contributed by atoms with van der Waals surface area (Å²) in [7, 11) is 1.92. The molecule has 0 atom stereocenters. The standard InChI is InChI=1S/C10H9N2S/c1-12-8-10(7-11-12)13-9-5-3-2-4-6-9/h2-5,7-8H,1H3. The fourth-order valence-electron chi connectivity index (χ4n) is 1.02. The van der Waals surface area contributed by atoms with Gasteiger partial charge in [-0.15, -0.1) is 0 Å². The van der Waals surface area contributed by atoms with Crippen LogP contribution in [0.1, 0.15) is 0 Å². The lowest BCUT2D eigenvalue weighted by Crippen LogP contribution is -1.83. The highest BCUT2D eigenvalue weighted by Crippen LogP contribution is 2.25. The molecule has 1 heterocycles. The van der Waals surface area contributed by atoms with Crippen molar-refractivity contribution >= 4 is 11.8 Å². The first-order chi connectivity index (χ1) is 6.34. The van der Waals surface area contributed by atoms with Crippen molar-refractivity contribution in [2.75, 3.05) is 0 Å². The summed E-state index contributed by atoms with van der Waals surface area (Å²) in [5.41, 5.74) is 0. The van der Waals surface area contributed by atoms with Crippen LogP contribution in [0.15, 0.2) is 46.5 Å². The quantitative estimate of drug-likeness (QED) is 0.721. The van der Waals surface area contributed by atoms with E-state index >= 15 is 0 Å². The topological polar surface area (TPSA) is 17.8 Å². The van der Waals surface area contributed by atoms with Gasteiger partial charge in [-0.05, 0) is 12.1 Å². The SMILES string of the molecule is Cn1cc(Sc2[c]cccc2)cn1. The zero-order valence-electron chi connectivity index (χ0n) is 7.27. The van der Waals surface area contributed by atoms with E-state index < -0.39 is 0 Å². The summed E-state index contributed by atoms with van der Waals surface area (Å²) in [5, 5.41) is 4.09. The maximum Gasteiger partial charge on any atom is 0.0629 e. The Morgan fingerprint density at radius 2 is 2.38 bits per heavy atom. The minimum absolute atomic E-state index is 1.12. The van der Waals surface area contributed by atoms with Gasteiger partial charge in [-0.1, -0.05) is 30.0 Å². The van der Waals surface area contributed by atoms with E-state index in [1.165, 1.54) is 0 Å². The van der Waals surface area contributed by atoms with E-state index in [0.717, 1.165) is 9.79 Å². The molecule has 1 aromatic carbocycles. The summed E-state index contributed by atoms with van der Waals surface area (Å²) in [4.78, 5) is 2.26. The molecule has 0 bridgehead atoms. The normalized spacial score (nSPS) is 10.2. The maximum absolute atomic E-state index is 4.09. The number of rotatable bonds is 2. The van der Waals surface area contributed by atoms with E-state index in [-0.39, 0.29) is 0 Å². The lowest BCUT2D eigenvalue weighted by molar-refractivity contribution is 0.766. The zero-order valence-corrected chi connectivity index (χ0v) is 8.08. The number of hydrogen-bond donors (Lipinski definition) is 0. The molecular formula is C10H9N2S. The Kier molecular flexibility index (Phi) is 2.36. The second-order valence-corrected chi connectivity index (χ2v) is 3.79. The van der Waals surface area contributed by atoms with Crippen LogP contribution in [0.25, 0.3) is 0 Å². The molecule has 0 spiro atoms. The molecule has 2 rings (SSSR count). The van der Waals surface area contributed by atoms with Gasteiger partial charge in [0.05, 0.1) is 11.1 Å². The van der Waals surface area contributed by atoms with Gasteiger partial charge in [0.25, 0.3) is 0 Å². The predicted octanol–water partition coefficient (Wildman–Crippen LogP) is 2.37. The lowest BCUT2D eigenvalue weighted by atomic mass is 10.4. The Labute approximate surface area is 81.6 Å². The van der Waals surface area contributed by atoms with Gasteiger partial charge in [-0.3, -0.25) is 4.68 Å². The number of nitrogens with zero attached hydrogens (tertiary/aromatic N) is 2. The number of aromatic nitrogens is 2. The predicted molar refractivity (Wildman–Crippen MR) is 52.6 cm³/mol. The summed E-state index contributed by atoms with van der Waals surface area (Å²) < 4.78 is 1.80. The molecule has 0 saturated heterocycles. The van der Waals surface area contributed by atoms with E-state index in [9.17, 15) is 0 Å². The van der Waals surface area contributed by atoms with Crippen molar-refractivity contribution in [3.8, 4) is 0 Å². The second kappa shape index (κ2) is 3.66. The van der Waals surface area contributed by atoms with Gasteiger partial charge in [-0.2, -0.15) is 5.10 Å². The van der Waals surface area contributed by atoms with Crippen LogP contribution >= 0.6 is 11.8 Å². The van der Waals surface area contributed by atoms with Crippen LogP contribution in [0.3, 0.4) is 0 Å². The molecule has 0 unspecified atom stereocenters.